The van der Waals surface area contributed by atoms with E-state index in [0.29, 0.717) is 17.7 Å². The summed E-state index contributed by atoms with van der Waals surface area (Å²) in [6.45, 7) is 11.8. The average molecular weight is 450 g/mol. The summed E-state index contributed by atoms with van der Waals surface area (Å²) in [6.07, 6.45) is 5.79. The van der Waals surface area contributed by atoms with Gasteiger partial charge >= 0.3 is 0 Å². The Bertz CT molecular complexity index is 1260. The molecule has 0 fully saturated rings. The second-order valence-electron chi connectivity index (χ2n) is 11.0. The molecule has 0 N–H and O–H groups in total. The van der Waals surface area contributed by atoms with Crippen molar-refractivity contribution in [3.05, 3.63) is 76.1 Å². The normalized spacial score (nSPS) is 19.1. The molecule has 0 amide bonds. The monoisotopic (exact) mass is 449 g/mol. The van der Waals surface area contributed by atoms with Crippen LogP contribution in [0.2, 0.25) is 0 Å². The van der Waals surface area contributed by atoms with Crippen molar-refractivity contribution in [1.82, 2.24) is 0 Å². The lowest BCUT2D eigenvalue weighted by Gasteiger charge is -2.48. The number of anilines is 1. The zero-order valence-corrected chi connectivity index (χ0v) is 20.5. The Hall–Kier alpha value is -3.50. The van der Waals surface area contributed by atoms with Crippen LogP contribution in [0.5, 0.6) is 5.75 Å². The average Bonchev–Trinajstić information content (AvgIpc) is 2.82. The fourth-order valence-corrected chi connectivity index (χ4v) is 5.58. The number of allylic oxidation sites excluding steroid dienone is 4. The van der Waals surface area contributed by atoms with E-state index in [1.807, 2.05) is 42.5 Å². The molecule has 0 aliphatic carbocycles. The molecule has 0 saturated carbocycles. The molecule has 0 bridgehead atoms. The lowest BCUT2D eigenvalue weighted by atomic mass is 9.69. The molecule has 4 heteroatoms. The zero-order chi connectivity index (χ0) is 24.1. The first-order valence-corrected chi connectivity index (χ1v) is 12.2. The molecule has 0 spiro atoms. The summed E-state index contributed by atoms with van der Waals surface area (Å²) in [4.78, 5) is 2.59. The number of benzene rings is 2. The molecular formula is C30H31N3O. The van der Waals surface area contributed by atoms with Crippen LogP contribution in [0.25, 0.3) is 5.57 Å². The number of para-hydroxylation sites is 1. The summed E-state index contributed by atoms with van der Waals surface area (Å²) in [5, 5.41) is 19.0. The van der Waals surface area contributed by atoms with Crippen molar-refractivity contribution in [1.29, 1.82) is 10.5 Å². The first-order chi connectivity index (χ1) is 16.2. The van der Waals surface area contributed by atoms with Crippen LogP contribution in [0.1, 0.15) is 69.2 Å². The van der Waals surface area contributed by atoms with Gasteiger partial charge in [-0.3, -0.25) is 0 Å². The van der Waals surface area contributed by atoms with Crippen LogP contribution >= 0.6 is 0 Å². The predicted molar refractivity (Wildman–Crippen MR) is 136 cm³/mol. The molecule has 172 valence electrons. The van der Waals surface area contributed by atoms with Gasteiger partial charge in [-0.1, -0.05) is 58.0 Å². The summed E-state index contributed by atoms with van der Waals surface area (Å²) in [5.41, 5.74) is 7.63. The molecule has 0 unspecified atom stereocenters. The van der Waals surface area contributed by atoms with E-state index in [1.54, 1.807) is 0 Å². The maximum Gasteiger partial charge on any atom is 0.137 e. The molecule has 34 heavy (non-hydrogen) atoms. The van der Waals surface area contributed by atoms with Crippen molar-refractivity contribution in [2.75, 3.05) is 18.0 Å². The zero-order valence-electron chi connectivity index (χ0n) is 20.5. The molecule has 3 aliphatic rings. The third kappa shape index (κ3) is 3.68. The van der Waals surface area contributed by atoms with Crippen molar-refractivity contribution < 1.29 is 4.74 Å². The van der Waals surface area contributed by atoms with Gasteiger partial charge in [0.25, 0.3) is 0 Å². The molecule has 0 aromatic heterocycles. The lowest BCUT2D eigenvalue weighted by Crippen LogP contribution is -2.44. The van der Waals surface area contributed by atoms with Gasteiger partial charge in [-0.25, -0.2) is 0 Å². The third-order valence-electron chi connectivity index (χ3n) is 7.83. The Kier molecular flexibility index (Phi) is 5.29. The minimum absolute atomic E-state index is 0.120. The summed E-state index contributed by atoms with van der Waals surface area (Å²) < 4.78 is 6.20. The second-order valence-corrected chi connectivity index (χ2v) is 11.0. The molecular weight excluding hydrogens is 418 g/mol. The first-order valence-electron chi connectivity index (χ1n) is 12.2. The summed E-state index contributed by atoms with van der Waals surface area (Å²) in [6, 6.07) is 16.5. The molecule has 4 nitrogen and oxygen atoms in total. The van der Waals surface area contributed by atoms with Gasteiger partial charge in [-0.15, -0.1) is 0 Å². The van der Waals surface area contributed by atoms with Crippen molar-refractivity contribution in [3.8, 4) is 17.9 Å². The van der Waals surface area contributed by atoms with Gasteiger partial charge in [0.15, 0.2) is 0 Å². The number of nitriles is 2. The van der Waals surface area contributed by atoms with Gasteiger partial charge in [0.1, 0.15) is 29.2 Å². The van der Waals surface area contributed by atoms with Crippen molar-refractivity contribution >= 4 is 11.3 Å². The highest BCUT2D eigenvalue weighted by Crippen LogP contribution is 2.49. The summed E-state index contributed by atoms with van der Waals surface area (Å²) >= 11 is 0. The van der Waals surface area contributed by atoms with Gasteiger partial charge < -0.3 is 9.64 Å². The highest BCUT2D eigenvalue weighted by molar-refractivity contribution is 5.86. The van der Waals surface area contributed by atoms with Crippen LogP contribution in [0.15, 0.2) is 53.8 Å². The van der Waals surface area contributed by atoms with E-state index < -0.39 is 0 Å². The Labute approximate surface area is 202 Å². The van der Waals surface area contributed by atoms with E-state index in [-0.39, 0.29) is 16.4 Å². The molecule has 2 aromatic rings. The van der Waals surface area contributed by atoms with E-state index in [2.05, 4.69) is 44.7 Å². The molecule has 3 aliphatic heterocycles. The number of hydrogen-bond acceptors (Lipinski definition) is 4. The van der Waals surface area contributed by atoms with Gasteiger partial charge in [-0.2, -0.15) is 10.5 Å². The summed E-state index contributed by atoms with van der Waals surface area (Å²) in [7, 11) is 0. The third-order valence-corrected chi connectivity index (χ3v) is 7.83. The van der Waals surface area contributed by atoms with Gasteiger partial charge in [-0.05, 0) is 58.9 Å². The number of nitrogens with zero attached hydrogens (tertiary/aromatic N) is 3. The highest BCUT2D eigenvalue weighted by atomic mass is 16.5. The Morgan fingerprint density at radius 1 is 0.941 bits per heavy atom. The number of aryl methyl sites for hydroxylation is 1. The minimum atomic E-state index is 0.120. The minimum Gasteiger partial charge on any atom is -0.461 e. The lowest BCUT2D eigenvalue weighted by molar-refractivity contribution is 0.395. The van der Waals surface area contributed by atoms with E-state index in [1.165, 1.54) is 35.2 Å². The SMILES string of the molecule is CC1(C)CCN2CCC(C)(C)c3cc(CCC4=CC(=C(C#N)C#N)c5ccccc5O4)cc1c32. The topological polar surface area (TPSA) is 60.0 Å². The Morgan fingerprint density at radius 2 is 1.56 bits per heavy atom. The summed E-state index contributed by atoms with van der Waals surface area (Å²) in [5.74, 6) is 1.50. The number of fused-ring (bicyclic) bond motifs is 1. The Balaban J connectivity index is 1.51. The van der Waals surface area contributed by atoms with Gasteiger partial charge in [0.05, 0.1) is 0 Å². The number of hydrogen-bond donors (Lipinski definition) is 0. The number of rotatable bonds is 3. The molecule has 0 atom stereocenters. The fourth-order valence-electron chi connectivity index (χ4n) is 5.58. The van der Waals surface area contributed by atoms with Gasteiger partial charge in [0, 0.05) is 36.3 Å². The standard InChI is InChI=1S/C30H31N3O/c1-29(2)11-13-33-14-12-30(3,4)26-16-20(15-25(29)28(26)33)9-10-22-17-24(21(18-31)19-32)23-7-5-6-8-27(23)34-22/h5-8,15-17H,9-14H2,1-4H3. The van der Waals surface area contributed by atoms with Crippen LogP contribution in [-0.2, 0) is 17.3 Å². The van der Waals surface area contributed by atoms with E-state index in [9.17, 15) is 10.5 Å². The quantitative estimate of drug-likeness (QED) is 0.498. The van der Waals surface area contributed by atoms with E-state index >= 15 is 0 Å². The highest BCUT2D eigenvalue weighted by Gasteiger charge is 2.40. The van der Waals surface area contributed by atoms with Crippen LogP contribution in [0.4, 0.5) is 5.69 Å². The van der Waals surface area contributed by atoms with E-state index in [4.69, 9.17) is 4.74 Å². The Morgan fingerprint density at radius 3 is 2.18 bits per heavy atom. The number of ether oxygens (including phenoxy) is 1. The second kappa shape index (κ2) is 8.07. The fraction of sp³-hybridized carbons (Fsp3) is 0.400. The molecule has 5 rings (SSSR count). The van der Waals surface area contributed by atoms with E-state index in [0.717, 1.165) is 30.8 Å². The predicted octanol–water partition coefficient (Wildman–Crippen LogP) is 6.57. The van der Waals surface area contributed by atoms with Crippen LogP contribution < -0.4 is 9.64 Å². The first kappa shape index (κ1) is 22.3. The molecule has 0 radical (unpaired) electrons. The maximum atomic E-state index is 9.49. The smallest absolute Gasteiger partial charge is 0.137 e. The molecule has 0 saturated heterocycles. The van der Waals surface area contributed by atoms with Crippen molar-refractivity contribution in [2.24, 2.45) is 0 Å². The van der Waals surface area contributed by atoms with Crippen molar-refractivity contribution in [2.45, 2.75) is 64.2 Å². The van der Waals surface area contributed by atoms with Crippen molar-refractivity contribution in [3.63, 3.8) is 0 Å². The van der Waals surface area contributed by atoms with Crippen LogP contribution in [0.3, 0.4) is 0 Å². The molecule has 3 heterocycles. The van der Waals surface area contributed by atoms with Gasteiger partial charge in [0.2, 0.25) is 0 Å². The van der Waals surface area contributed by atoms with Crippen LogP contribution in [-0.4, -0.2) is 13.1 Å². The maximum absolute atomic E-state index is 9.49. The largest absolute Gasteiger partial charge is 0.461 e. The molecule has 2 aromatic carbocycles. The van der Waals surface area contributed by atoms with Crippen LogP contribution in [0, 0.1) is 22.7 Å².